The van der Waals surface area contributed by atoms with E-state index in [0.29, 0.717) is 5.92 Å². The molecule has 0 spiro atoms. The van der Waals surface area contributed by atoms with Crippen LogP contribution in [0.1, 0.15) is 20.3 Å². The molecule has 0 nitrogen and oxygen atoms in total. The predicted octanol–water partition coefficient (Wildman–Crippen LogP) is 2.33. The predicted molar refractivity (Wildman–Crippen MR) is 35.4 cm³/mol. The largest absolute Gasteiger partial charge is 1.00 e. The molecule has 1 rings (SSSR count). The molecule has 1 radical (unpaired) electrons. The summed E-state index contributed by atoms with van der Waals surface area (Å²) in [7, 11) is 0. The van der Waals surface area contributed by atoms with Crippen molar-refractivity contribution in [2.75, 3.05) is 0 Å². The Hall–Kier alpha value is 0.116. The van der Waals surface area contributed by atoms with E-state index in [0.717, 1.165) is 6.42 Å². The second kappa shape index (κ2) is 4.02. The van der Waals surface area contributed by atoms with Crippen molar-refractivity contribution in [1.82, 2.24) is 0 Å². The standard InChI is InChI=1S/C8H11.Os/c1-7(2)8-5-3-4-6-8;/h3,5,7H,4H2,1-2H3;/q-1;+1. The molecule has 1 aliphatic carbocycles. The van der Waals surface area contributed by atoms with Gasteiger partial charge < -0.3 is 0 Å². The first-order valence-electron chi connectivity index (χ1n) is 3.08. The molecule has 0 bridgehead atoms. The Kier molecular flexibility index (Phi) is 4.07. The first kappa shape index (κ1) is 9.12. The maximum atomic E-state index is 3.26. The summed E-state index contributed by atoms with van der Waals surface area (Å²) < 4.78 is 0. The Morgan fingerprint density at radius 1 is 1.56 bits per heavy atom. The van der Waals surface area contributed by atoms with Crippen molar-refractivity contribution in [1.29, 1.82) is 0 Å². The number of hydrogen-bond acceptors (Lipinski definition) is 0. The second-order valence-electron chi connectivity index (χ2n) is 2.39. The number of rotatable bonds is 1. The second-order valence-corrected chi connectivity index (χ2v) is 2.39. The molecule has 0 fully saturated rings. The minimum absolute atomic E-state index is 0. The van der Waals surface area contributed by atoms with Crippen LogP contribution < -0.4 is 0 Å². The summed E-state index contributed by atoms with van der Waals surface area (Å²) in [5.41, 5.74) is 1.37. The van der Waals surface area contributed by atoms with E-state index in [1.165, 1.54) is 5.57 Å². The number of hydrogen-bond donors (Lipinski definition) is 0. The molecule has 1 heteroatoms. The Bertz CT molecular complexity index is 132. The molecule has 9 heavy (non-hydrogen) atoms. The van der Waals surface area contributed by atoms with E-state index in [9.17, 15) is 0 Å². The van der Waals surface area contributed by atoms with Gasteiger partial charge in [-0.2, -0.15) is 6.08 Å². The summed E-state index contributed by atoms with van der Waals surface area (Å²) >= 11 is 0. The molecule has 0 aromatic rings. The molecule has 0 aromatic heterocycles. The van der Waals surface area contributed by atoms with E-state index in [1.807, 2.05) is 0 Å². The molecule has 0 N–H and O–H groups in total. The number of allylic oxidation sites excluding steroid dienone is 4. The Labute approximate surface area is 70.1 Å². The van der Waals surface area contributed by atoms with Crippen LogP contribution in [0.25, 0.3) is 0 Å². The maximum absolute atomic E-state index is 3.26. The van der Waals surface area contributed by atoms with Crippen molar-refractivity contribution in [2.24, 2.45) is 5.92 Å². The minimum atomic E-state index is 0. The van der Waals surface area contributed by atoms with Gasteiger partial charge in [-0.05, 0) is 0 Å². The van der Waals surface area contributed by atoms with Gasteiger partial charge in [-0.1, -0.05) is 19.8 Å². The third-order valence-corrected chi connectivity index (χ3v) is 1.34. The molecule has 0 heterocycles. The summed E-state index contributed by atoms with van der Waals surface area (Å²) in [6, 6.07) is 0. The average molecular weight is 297 g/mol. The fraction of sp³-hybridized carbons (Fsp3) is 0.500. The zero-order chi connectivity index (χ0) is 5.98. The van der Waals surface area contributed by atoms with Crippen LogP contribution in [0.15, 0.2) is 17.7 Å². The van der Waals surface area contributed by atoms with Gasteiger partial charge in [0.05, 0.1) is 0 Å². The molecule has 0 amide bonds. The third-order valence-electron chi connectivity index (χ3n) is 1.34. The SMILES string of the molecule is CC(C)C1=[C-]CC=C1.[Os+]. The normalized spacial score (nSPS) is 15.7. The van der Waals surface area contributed by atoms with Gasteiger partial charge >= 0.3 is 19.8 Å². The van der Waals surface area contributed by atoms with E-state index >= 15 is 0 Å². The Morgan fingerprint density at radius 3 is 2.44 bits per heavy atom. The summed E-state index contributed by atoms with van der Waals surface area (Å²) in [6.45, 7) is 4.38. The molecule has 0 aromatic carbocycles. The topological polar surface area (TPSA) is 0 Å². The van der Waals surface area contributed by atoms with Gasteiger partial charge in [0.25, 0.3) is 0 Å². The monoisotopic (exact) mass is 299 g/mol. The van der Waals surface area contributed by atoms with Crippen molar-refractivity contribution >= 4 is 0 Å². The van der Waals surface area contributed by atoms with Crippen LogP contribution in [0.4, 0.5) is 0 Å². The van der Waals surface area contributed by atoms with Crippen molar-refractivity contribution in [3.63, 3.8) is 0 Å². The molecule has 1 aliphatic rings. The first-order chi connectivity index (χ1) is 3.80. The first-order valence-corrected chi connectivity index (χ1v) is 3.08. The van der Waals surface area contributed by atoms with Crippen LogP contribution >= 0.6 is 0 Å². The Balaban J connectivity index is 0.000000640. The van der Waals surface area contributed by atoms with E-state index in [-0.39, 0.29) is 19.8 Å². The summed E-state index contributed by atoms with van der Waals surface area (Å²) in [4.78, 5) is 0. The van der Waals surface area contributed by atoms with Crippen LogP contribution in [0.5, 0.6) is 0 Å². The smallest absolute Gasteiger partial charge is 0.269 e. The van der Waals surface area contributed by atoms with Gasteiger partial charge in [-0.15, -0.1) is 6.42 Å². The molecule has 51 valence electrons. The van der Waals surface area contributed by atoms with E-state index in [1.54, 1.807) is 0 Å². The quantitative estimate of drug-likeness (QED) is 0.652. The summed E-state index contributed by atoms with van der Waals surface area (Å²) in [5, 5.41) is 0. The van der Waals surface area contributed by atoms with Gasteiger partial charge in [0, 0.05) is 0 Å². The van der Waals surface area contributed by atoms with E-state index in [2.05, 4.69) is 32.1 Å². The zero-order valence-corrected chi connectivity index (χ0v) is 8.33. The van der Waals surface area contributed by atoms with Crippen molar-refractivity contribution < 1.29 is 19.8 Å². The van der Waals surface area contributed by atoms with Gasteiger partial charge in [0.2, 0.25) is 0 Å². The van der Waals surface area contributed by atoms with Gasteiger partial charge in [0.15, 0.2) is 0 Å². The molecule has 0 unspecified atom stereocenters. The van der Waals surface area contributed by atoms with Gasteiger partial charge in [-0.25, -0.2) is 11.6 Å². The summed E-state index contributed by atoms with van der Waals surface area (Å²) in [6.07, 6.45) is 8.59. The molecule has 0 atom stereocenters. The Morgan fingerprint density at radius 2 is 2.22 bits per heavy atom. The van der Waals surface area contributed by atoms with Crippen LogP contribution in [0.3, 0.4) is 0 Å². The molecular weight excluding hydrogens is 286 g/mol. The van der Waals surface area contributed by atoms with E-state index in [4.69, 9.17) is 0 Å². The molecule has 0 saturated carbocycles. The van der Waals surface area contributed by atoms with Crippen molar-refractivity contribution in [2.45, 2.75) is 20.3 Å². The van der Waals surface area contributed by atoms with Crippen LogP contribution in [-0.4, -0.2) is 0 Å². The zero-order valence-electron chi connectivity index (χ0n) is 5.79. The molecule has 0 saturated heterocycles. The van der Waals surface area contributed by atoms with Crippen molar-refractivity contribution in [3.8, 4) is 0 Å². The summed E-state index contributed by atoms with van der Waals surface area (Å²) in [5.74, 6) is 0.661. The average Bonchev–Trinajstić information content (AvgIpc) is 2.12. The van der Waals surface area contributed by atoms with Crippen molar-refractivity contribution in [3.05, 3.63) is 23.8 Å². The van der Waals surface area contributed by atoms with Crippen LogP contribution in [0, 0.1) is 12.0 Å². The fourth-order valence-corrected chi connectivity index (χ4v) is 0.818. The molecular formula is C8H11Os. The minimum Gasteiger partial charge on any atom is -0.269 e. The third kappa shape index (κ3) is 2.46. The van der Waals surface area contributed by atoms with Crippen LogP contribution in [-0.2, 0) is 19.8 Å². The van der Waals surface area contributed by atoms with Gasteiger partial charge in [0.1, 0.15) is 0 Å². The molecule has 0 aliphatic heterocycles. The van der Waals surface area contributed by atoms with Crippen LogP contribution in [0.2, 0.25) is 0 Å². The van der Waals surface area contributed by atoms with E-state index < -0.39 is 0 Å². The fourth-order valence-electron chi connectivity index (χ4n) is 0.818. The van der Waals surface area contributed by atoms with Gasteiger partial charge in [-0.3, -0.25) is 6.08 Å². The maximum Gasteiger partial charge on any atom is 1.00 e.